The molecule has 0 aromatic rings. The second-order valence-corrected chi connectivity index (χ2v) is 21.1. The third-order valence-corrected chi connectivity index (χ3v) is 14.4. The van der Waals surface area contributed by atoms with Crippen molar-refractivity contribution in [2.75, 3.05) is 13.2 Å². The van der Waals surface area contributed by atoms with Gasteiger partial charge in [0.05, 0.1) is 25.4 Å². The lowest BCUT2D eigenvalue weighted by atomic mass is 9.99. The van der Waals surface area contributed by atoms with Crippen molar-refractivity contribution in [1.29, 1.82) is 0 Å². The first-order valence-corrected chi connectivity index (χ1v) is 30.4. The van der Waals surface area contributed by atoms with Crippen LogP contribution in [0.1, 0.15) is 284 Å². The van der Waals surface area contributed by atoms with Gasteiger partial charge in [-0.05, 0) is 64.2 Å². The lowest BCUT2D eigenvalue weighted by Gasteiger charge is -2.40. The summed E-state index contributed by atoms with van der Waals surface area (Å²) in [6.45, 7) is 3.74. The highest BCUT2D eigenvalue weighted by molar-refractivity contribution is 5.76. The number of carbonyl (C=O) groups excluding carboxylic acids is 1. The fraction of sp³-hybridized carbons (Fsp3) is 0.855. The van der Waals surface area contributed by atoms with Crippen LogP contribution in [0, 0.1) is 0 Å². The minimum absolute atomic E-state index is 0.184. The lowest BCUT2D eigenvalue weighted by Crippen LogP contribution is -2.60. The number of rotatable bonds is 52. The van der Waals surface area contributed by atoms with Crippen LogP contribution in [-0.2, 0) is 14.3 Å². The summed E-state index contributed by atoms with van der Waals surface area (Å²) in [5.41, 5.74) is 0. The monoisotopic (exact) mass is 1000 g/mol. The summed E-state index contributed by atoms with van der Waals surface area (Å²) in [6, 6.07) is -0.819. The smallest absolute Gasteiger partial charge is 0.220 e. The van der Waals surface area contributed by atoms with Crippen molar-refractivity contribution >= 4 is 5.91 Å². The van der Waals surface area contributed by atoms with Crippen molar-refractivity contribution in [3.05, 3.63) is 48.6 Å². The standard InChI is InChI=1S/C62H115NO8/c1-3-5-7-9-11-13-15-16-17-18-19-20-21-22-23-24-25-26-27-28-29-30-31-32-33-34-35-36-37-38-39-40-42-44-46-48-50-52-58(66)63-55(54-70-62-61(69)60(68)59(67)57(53-64)71-62)56(65)51-49-47-45-43-41-14-12-10-8-6-4-2/h15-16,18-19,41,43,49,51,55-57,59-62,64-65,67-69H,3-14,17,20-40,42,44-48,50,52-54H2,1-2H3,(H,63,66)/b16-15-,19-18-,43-41+,51-49+. The topological polar surface area (TPSA) is 149 Å². The predicted molar refractivity (Wildman–Crippen MR) is 299 cm³/mol. The summed E-state index contributed by atoms with van der Waals surface area (Å²) in [7, 11) is 0. The predicted octanol–water partition coefficient (Wildman–Crippen LogP) is 15.3. The van der Waals surface area contributed by atoms with Crippen LogP contribution >= 0.6 is 0 Å². The number of aliphatic hydroxyl groups excluding tert-OH is 5. The van der Waals surface area contributed by atoms with E-state index in [4.69, 9.17) is 9.47 Å². The lowest BCUT2D eigenvalue weighted by molar-refractivity contribution is -0.302. The fourth-order valence-corrected chi connectivity index (χ4v) is 9.56. The molecule has 0 aliphatic carbocycles. The van der Waals surface area contributed by atoms with Crippen molar-refractivity contribution in [1.82, 2.24) is 5.32 Å². The van der Waals surface area contributed by atoms with Crippen molar-refractivity contribution in [3.8, 4) is 0 Å². The van der Waals surface area contributed by atoms with Gasteiger partial charge >= 0.3 is 0 Å². The van der Waals surface area contributed by atoms with E-state index in [1.807, 2.05) is 6.08 Å². The maximum absolute atomic E-state index is 13.0. The van der Waals surface area contributed by atoms with E-state index >= 15 is 0 Å². The Morgan fingerprint density at radius 3 is 1.27 bits per heavy atom. The molecule has 1 aliphatic heterocycles. The van der Waals surface area contributed by atoms with Gasteiger partial charge in [0, 0.05) is 6.42 Å². The number of hydrogen-bond donors (Lipinski definition) is 6. The highest BCUT2D eigenvalue weighted by Crippen LogP contribution is 2.23. The maximum Gasteiger partial charge on any atom is 0.220 e. The molecule has 0 spiro atoms. The van der Waals surface area contributed by atoms with Gasteiger partial charge < -0.3 is 40.3 Å². The van der Waals surface area contributed by atoms with E-state index in [9.17, 15) is 30.3 Å². The summed E-state index contributed by atoms with van der Waals surface area (Å²) in [5.74, 6) is -0.184. The molecule has 0 saturated carbocycles. The molecule has 1 aliphatic rings. The van der Waals surface area contributed by atoms with Crippen LogP contribution in [0.5, 0.6) is 0 Å². The Morgan fingerprint density at radius 1 is 0.479 bits per heavy atom. The van der Waals surface area contributed by atoms with Gasteiger partial charge in [0.1, 0.15) is 24.4 Å². The van der Waals surface area contributed by atoms with Gasteiger partial charge in [-0.3, -0.25) is 4.79 Å². The van der Waals surface area contributed by atoms with Crippen LogP contribution in [0.2, 0.25) is 0 Å². The molecule has 9 heteroatoms. The van der Waals surface area contributed by atoms with Crippen LogP contribution in [0.3, 0.4) is 0 Å². The molecule has 0 radical (unpaired) electrons. The molecule has 1 rings (SSSR count). The van der Waals surface area contributed by atoms with Gasteiger partial charge in [-0.2, -0.15) is 0 Å². The molecule has 9 nitrogen and oxygen atoms in total. The Kier molecular flexibility index (Phi) is 48.8. The van der Waals surface area contributed by atoms with Crippen LogP contribution in [0.4, 0.5) is 0 Å². The second kappa shape index (κ2) is 51.6. The minimum atomic E-state index is -1.57. The molecule has 0 bridgehead atoms. The molecule has 1 fully saturated rings. The zero-order valence-electron chi connectivity index (χ0n) is 46.2. The van der Waals surface area contributed by atoms with E-state index in [0.717, 1.165) is 44.9 Å². The summed E-state index contributed by atoms with van der Waals surface area (Å²) >= 11 is 0. The quantitative estimate of drug-likeness (QED) is 0.0261. The van der Waals surface area contributed by atoms with Crippen molar-refractivity contribution < 1.29 is 39.8 Å². The number of allylic oxidation sites excluding steroid dienone is 7. The average Bonchev–Trinajstić information content (AvgIpc) is 3.37. The Bertz CT molecular complexity index is 1250. The molecule has 1 saturated heterocycles. The summed E-state index contributed by atoms with van der Waals surface area (Å²) < 4.78 is 11.2. The molecule has 6 N–H and O–H groups in total. The highest BCUT2D eigenvalue weighted by atomic mass is 16.7. The van der Waals surface area contributed by atoms with Crippen molar-refractivity contribution in [2.45, 2.75) is 326 Å². The molecular formula is C62H115NO8. The summed E-state index contributed by atoms with van der Waals surface area (Å²) in [4.78, 5) is 13.0. The van der Waals surface area contributed by atoms with Gasteiger partial charge in [0.2, 0.25) is 5.91 Å². The summed E-state index contributed by atoms with van der Waals surface area (Å²) in [6.07, 6.45) is 62.2. The van der Waals surface area contributed by atoms with E-state index in [-0.39, 0.29) is 12.5 Å². The molecule has 0 aromatic heterocycles. The van der Waals surface area contributed by atoms with Gasteiger partial charge in [-0.1, -0.05) is 262 Å². The second-order valence-electron chi connectivity index (χ2n) is 21.1. The van der Waals surface area contributed by atoms with Gasteiger partial charge in [0.15, 0.2) is 6.29 Å². The molecule has 416 valence electrons. The number of ether oxygens (including phenoxy) is 2. The maximum atomic E-state index is 13.0. The molecule has 0 aromatic carbocycles. The average molecular weight is 1000 g/mol. The third kappa shape index (κ3) is 41.1. The first kappa shape index (κ1) is 67.2. The van der Waals surface area contributed by atoms with Crippen LogP contribution < -0.4 is 5.32 Å². The Labute approximate surface area is 437 Å². The SMILES string of the molecule is CCCCCCC/C=C\C/C=C\CCCCCCCCCCCCCCCCCCCCCCCCCCCC(=O)NC(COC1OC(CO)C(O)C(O)C1O)C(O)/C=C/CC/C=C/CCCCCCC. The minimum Gasteiger partial charge on any atom is -0.394 e. The largest absolute Gasteiger partial charge is 0.394 e. The molecular weight excluding hydrogens is 887 g/mol. The zero-order chi connectivity index (χ0) is 51.5. The van der Waals surface area contributed by atoms with Crippen molar-refractivity contribution in [3.63, 3.8) is 0 Å². The van der Waals surface area contributed by atoms with Gasteiger partial charge in [0.25, 0.3) is 0 Å². The molecule has 1 amide bonds. The van der Waals surface area contributed by atoms with E-state index in [0.29, 0.717) is 6.42 Å². The van der Waals surface area contributed by atoms with Gasteiger partial charge in [-0.25, -0.2) is 0 Å². The van der Waals surface area contributed by atoms with E-state index in [2.05, 4.69) is 55.6 Å². The van der Waals surface area contributed by atoms with Crippen LogP contribution in [0.15, 0.2) is 48.6 Å². The van der Waals surface area contributed by atoms with Crippen LogP contribution in [-0.4, -0.2) is 87.5 Å². The zero-order valence-corrected chi connectivity index (χ0v) is 46.2. The molecule has 7 atom stereocenters. The first-order valence-electron chi connectivity index (χ1n) is 30.4. The van der Waals surface area contributed by atoms with Gasteiger partial charge in [-0.15, -0.1) is 0 Å². The third-order valence-electron chi connectivity index (χ3n) is 14.4. The number of carbonyl (C=O) groups is 1. The summed E-state index contributed by atoms with van der Waals surface area (Å²) in [5, 5.41) is 54.3. The Hall–Kier alpha value is -1.85. The van der Waals surface area contributed by atoms with Crippen LogP contribution in [0.25, 0.3) is 0 Å². The number of amides is 1. The number of aliphatic hydroxyl groups is 5. The highest BCUT2D eigenvalue weighted by Gasteiger charge is 2.44. The van der Waals surface area contributed by atoms with E-state index in [1.54, 1.807) is 6.08 Å². The fourth-order valence-electron chi connectivity index (χ4n) is 9.56. The number of nitrogens with one attached hydrogen (secondary N) is 1. The normalized spacial score (nSPS) is 19.6. The molecule has 71 heavy (non-hydrogen) atoms. The van der Waals surface area contributed by atoms with E-state index < -0.39 is 49.5 Å². The molecule has 7 unspecified atom stereocenters. The number of unbranched alkanes of at least 4 members (excludes halogenated alkanes) is 36. The molecule has 1 heterocycles. The Morgan fingerprint density at radius 2 is 0.845 bits per heavy atom. The Balaban J connectivity index is 2.04. The van der Waals surface area contributed by atoms with Crippen molar-refractivity contribution in [2.24, 2.45) is 0 Å². The van der Waals surface area contributed by atoms with E-state index in [1.165, 1.54) is 218 Å². The first-order chi connectivity index (χ1) is 34.8. The number of hydrogen-bond acceptors (Lipinski definition) is 8.